The zero-order chi connectivity index (χ0) is 19.9. The minimum absolute atomic E-state index is 0.114. The van der Waals surface area contributed by atoms with Gasteiger partial charge in [0.25, 0.3) is 10.0 Å². The van der Waals surface area contributed by atoms with E-state index in [4.69, 9.17) is 0 Å². The van der Waals surface area contributed by atoms with Crippen molar-refractivity contribution in [2.75, 3.05) is 5.32 Å². The van der Waals surface area contributed by atoms with Crippen molar-refractivity contribution in [3.63, 3.8) is 0 Å². The van der Waals surface area contributed by atoms with E-state index in [0.29, 0.717) is 0 Å². The van der Waals surface area contributed by atoms with Gasteiger partial charge in [-0.2, -0.15) is 13.5 Å². The maximum atomic E-state index is 12.6. The second-order valence-corrected chi connectivity index (χ2v) is 8.70. The number of aromatic nitrogens is 2. The molecule has 0 spiro atoms. The molecule has 0 aliphatic heterocycles. The Labute approximate surface area is 162 Å². The van der Waals surface area contributed by atoms with Gasteiger partial charge >= 0.3 is 6.03 Å². The minimum atomic E-state index is -4.34. The zero-order valence-corrected chi connectivity index (χ0v) is 16.2. The summed E-state index contributed by atoms with van der Waals surface area (Å²) in [5.41, 5.74) is 5.27. The lowest BCUT2D eigenvalue weighted by molar-refractivity contribution is 0.101. The maximum absolute atomic E-state index is 12.6. The first kappa shape index (κ1) is 18.5. The van der Waals surface area contributed by atoms with E-state index in [1.54, 1.807) is 0 Å². The minimum Gasteiger partial charge on any atom is -0.307 e. The highest BCUT2D eigenvalue weighted by atomic mass is 32.2. The van der Waals surface area contributed by atoms with E-state index in [1.165, 1.54) is 30.3 Å². The van der Waals surface area contributed by atoms with Crippen LogP contribution in [0.25, 0.3) is 0 Å². The Hall–Kier alpha value is -2.81. The third kappa shape index (κ3) is 3.26. The lowest BCUT2D eigenvalue weighted by Crippen LogP contribution is -2.36. The first-order valence-corrected chi connectivity index (χ1v) is 10.7. The number of carbonyl (C=O) groups excluding carboxylic acids is 2. The molecule has 2 aliphatic carbocycles. The normalized spacial score (nSPS) is 15.0. The Bertz CT molecular complexity index is 1060. The number of sulfonamides is 1. The number of rotatable bonds is 4. The van der Waals surface area contributed by atoms with Crippen molar-refractivity contribution in [2.45, 2.75) is 50.5 Å². The Morgan fingerprint density at radius 2 is 1.68 bits per heavy atom. The fraction of sp³-hybridized carbons (Fsp3) is 0.368. The summed E-state index contributed by atoms with van der Waals surface area (Å²) in [6, 6.07) is 2.62. The standard InChI is InChI=1S/C19H20N4O4S/c1-11(24)14-8-9-20-22-18(14)28(26,27)23-19(25)21-17-15-6-2-4-12(15)10-13-5-3-7-16(13)17/h8-10H,2-7H2,1H3,(H2,21,23,25). The second-order valence-electron chi connectivity index (χ2n) is 7.10. The molecule has 146 valence electrons. The highest BCUT2D eigenvalue weighted by molar-refractivity contribution is 7.90. The molecule has 2 amide bonds. The van der Waals surface area contributed by atoms with Gasteiger partial charge in [0.1, 0.15) is 0 Å². The van der Waals surface area contributed by atoms with Gasteiger partial charge < -0.3 is 5.32 Å². The average Bonchev–Trinajstić information content (AvgIpc) is 3.30. The molecule has 1 aromatic heterocycles. The maximum Gasteiger partial charge on any atom is 0.333 e. The van der Waals surface area contributed by atoms with Gasteiger partial charge in [-0.1, -0.05) is 6.07 Å². The first-order valence-electron chi connectivity index (χ1n) is 9.20. The fourth-order valence-corrected chi connectivity index (χ4v) is 5.11. The molecule has 0 fully saturated rings. The molecular formula is C19H20N4O4S. The molecule has 0 saturated heterocycles. The average molecular weight is 400 g/mol. The second kappa shape index (κ2) is 6.97. The predicted octanol–water partition coefficient (Wildman–Crippen LogP) is 2.17. The van der Waals surface area contributed by atoms with Gasteiger partial charge in [-0.3, -0.25) is 4.79 Å². The molecule has 0 atom stereocenters. The molecule has 0 bridgehead atoms. The SMILES string of the molecule is CC(=O)c1ccnnc1S(=O)(=O)NC(=O)Nc1c2c(cc3c1CCC3)CCC2. The third-order valence-corrected chi connectivity index (χ3v) is 6.52. The van der Waals surface area contributed by atoms with E-state index in [0.717, 1.165) is 55.3 Å². The molecule has 2 aromatic rings. The molecule has 0 radical (unpaired) electrons. The summed E-state index contributed by atoms with van der Waals surface area (Å²) >= 11 is 0. The number of hydrogen-bond acceptors (Lipinski definition) is 6. The van der Waals surface area contributed by atoms with Crippen LogP contribution in [0.2, 0.25) is 0 Å². The van der Waals surface area contributed by atoms with Gasteiger partial charge in [0.2, 0.25) is 5.03 Å². The first-order chi connectivity index (χ1) is 13.4. The Morgan fingerprint density at radius 1 is 1.04 bits per heavy atom. The van der Waals surface area contributed by atoms with Crippen LogP contribution in [0.3, 0.4) is 0 Å². The number of Topliss-reactive ketones (excluding diaryl/α,β-unsaturated/α-hetero) is 1. The Morgan fingerprint density at radius 3 is 2.29 bits per heavy atom. The molecular weight excluding hydrogens is 380 g/mol. The molecule has 2 N–H and O–H groups in total. The topological polar surface area (TPSA) is 118 Å². The summed E-state index contributed by atoms with van der Waals surface area (Å²) in [6.45, 7) is 1.23. The Balaban J connectivity index is 1.62. The van der Waals surface area contributed by atoms with Crippen molar-refractivity contribution in [2.24, 2.45) is 0 Å². The van der Waals surface area contributed by atoms with Crippen molar-refractivity contribution in [3.8, 4) is 0 Å². The lowest BCUT2D eigenvalue weighted by atomic mass is 9.99. The van der Waals surface area contributed by atoms with Crippen LogP contribution in [0, 0.1) is 0 Å². The molecule has 28 heavy (non-hydrogen) atoms. The van der Waals surface area contributed by atoms with Gasteiger partial charge in [0.05, 0.1) is 11.8 Å². The van der Waals surface area contributed by atoms with Crippen molar-refractivity contribution in [1.29, 1.82) is 0 Å². The summed E-state index contributed by atoms with van der Waals surface area (Å²) < 4.78 is 27.2. The van der Waals surface area contributed by atoms with Gasteiger partial charge in [0.15, 0.2) is 5.78 Å². The Kier molecular flexibility index (Phi) is 4.62. The number of benzene rings is 1. The number of urea groups is 1. The van der Waals surface area contributed by atoms with Gasteiger partial charge in [0, 0.05) is 5.69 Å². The van der Waals surface area contributed by atoms with E-state index >= 15 is 0 Å². The monoisotopic (exact) mass is 400 g/mol. The summed E-state index contributed by atoms with van der Waals surface area (Å²) in [7, 11) is -4.34. The van der Waals surface area contributed by atoms with E-state index in [2.05, 4.69) is 21.6 Å². The van der Waals surface area contributed by atoms with Crippen LogP contribution in [0.4, 0.5) is 10.5 Å². The molecule has 9 heteroatoms. The molecule has 8 nitrogen and oxygen atoms in total. The van der Waals surface area contributed by atoms with Gasteiger partial charge in [-0.05, 0) is 73.8 Å². The molecule has 4 rings (SSSR count). The molecule has 1 aromatic carbocycles. The van der Waals surface area contributed by atoms with Crippen LogP contribution in [0.5, 0.6) is 0 Å². The number of ketones is 1. The van der Waals surface area contributed by atoms with E-state index in [1.807, 2.05) is 4.72 Å². The van der Waals surface area contributed by atoms with Crippen molar-refractivity contribution >= 4 is 27.5 Å². The number of anilines is 1. The van der Waals surface area contributed by atoms with Crippen molar-refractivity contribution in [3.05, 3.63) is 46.1 Å². The zero-order valence-electron chi connectivity index (χ0n) is 15.4. The number of fused-ring (bicyclic) bond motifs is 2. The number of aryl methyl sites for hydroxylation is 2. The van der Waals surface area contributed by atoms with E-state index in [-0.39, 0.29) is 5.56 Å². The number of amides is 2. The lowest BCUT2D eigenvalue weighted by Gasteiger charge is -2.16. The predicted molar refractivity (Wildman–Crippen MR) is 102 cm³/mol. The summed E-state index contributed by atoms with van der Waals surface area (Å²) in [6.07, 6.45) is 6.94. The summed E-state index contributed by atoms with van der Waals surface area (Å²) in [5, 5.41) is 9.27. The van der Waals surface area contributed by atoms with Crippen LogP contribution in [-0.2, 0) is 35.7 Å². The van der Waals surface area contributed by atoms with Crippen molar-refractivity contribution < 1.29 is 18.0 Å². The highest BCUT2D eigenvalue weighted by Crippen LogP contribution is 2.38. The number of carbonyl (C=O) groups is 2. The number of nitrogens with one attached hydrogen (secondary N) is 2. The molecule has 0 unspecified atom stereocenters. The van der Waals surface area contributed by atoms with Gasteiger partial charge in [-0.15, -0.1) is 5.10 Å². The quantitative estimate of drug-likeness (QED) is 0.760. The smallest absolute Gasteiger partial charge is 0.307 e. The van der Waals surface area contributed by atoms with Crippen LogP contribution in [-0.4, -0.2) is 30.4 Å². The highest BCUT2D eigenvalue weighted by Gasteiger charge is 2.28. The van der Waals surface area contributed by atoms with Crippen LogP contribution in [0.15, 0.2) is 23.4 Å². The third-order valence-electron chi connectivity index (χ3n) is 5.26. The largest absolute Gasteiger partial charge is 0.333 e. The molecule has 2 aliphatic rings. The van der Waals surface area contributed by atoms with Crippen LogP contribution >= 0.6 is 0 Å². The summed E-state index contributed by atoms with van der Waals surface area (Å²) in [4.78, 5) is 24.2. The van der Waals surface area contributed by atoms with E-state index in [9.17, 15) is 18.0 Å². The van der Waals surface area contributed by atoms with Crippen LogP contribution in [0.1, 0.15) is 52.4 Å². The summed E-state index contributed by atoms with van der Waals surface area (Å²) in [5.74, 6) is -0.477. The van der Waals surface area contributed by atoms with Gasteiger partial charge in [-0.25, -0.2) is 9.52 Å². The fourth-order valence-electron chi connectivity index (χ4n) is 4.06. The van der Waals surface area contributed by atoms with E-state index < -0.39 is 26.9 Å². The van der Waals surface area contributed by atoms with Crippen LogP contribution < -0.4 is 10.0 Å². The van der Waals surface area contributed by atoms with Crippen molar-refractivity contribution in [1.82, 2.24) is 14.9 Å². The molecule has 1 heterocycles. The number of hydrogen-bond donors (Lipinski definition) is 2. The number of nitrogens with zero attached hydrogens (tertiary/aromatic N) is 2. The molecule has 0 saturated carbocycles.